The third kappa shape index (κ3) is 6.92. The summed E-state index contributed by atoms with van der Waals surface area (Å²) in [5.41, 5.74) is 0. The van der Waals surface area contributed by atoms with Gasteiger partial charge in [-0.25, -0.2) is 0 Å². The van der Waals surface area contributed by atoms with E-state index >= 15 is 0 Å². The number of hydrogen-bond donors (Lipinski definition) is 1. The molecule has 62 valence electrons. The second-order valence-electron chi connectivity index (χ2n) is 2.31. The van der Waals surface area contributed by atoms with Crippen LogP contribution in [0.1, 0.15) is 33.1 Å². The van der Waals surface area contributed by atoms with E-state index in [2.05, 4.69) is 24.1 Å². The molecule has 0 unspecified atom stereocenters. The Balaban J connectivity index is 3.27. The van der Waals surface area contributed by atoms with Crippen molar-refractivity contribution in [2.75, 3.05) is 6.54 Å². The van der Waals surface area contributed by atoms with Crippen LogP contribution in [0, 0.1) is 11.8 Å². The molecule has 1 amide bonds. The van der Waals surface area contributed by atoms with Crippen molar-refractivity contribution in [3.05, 3.63) is 0 Å². The minimum Gasteiger partial charge on any atom is -0.345 e. The average Bonchev–Trinajstić information content (AvgIpc) is 2.01. The molecule has 0 aromatic carbocycles. The van der Waals surface area contributed by atoms with Crippen LogP contribution in [0.5, 0.6) is 0 Å². The summed E-state index contributed by atoms with van der Waals surface area (Å²) in [6.07, 6.45) is 2.65. The van der Waals surface area contributed by atoms with Gasteiger partial charge < -0.3 is 5.32 Å². The van der Waals surface area contributed by atoms with E-state index < -0.39 is 0 Å². The predicted molar refractivity (Wildman–Crippen MR) is 46.0 cm³/mol. The summed E-state index contributed by atoms with van der Waals surface area (Å²) in [6, 6.07) is 0. The molecule has 0 radical (unpaired) electrons. The maximum absolute atomic E-state index is 10.9. The highest BCUT2D eigenvalue weighted by atomic mass is 16.1. The molecule has 0 bridgehead atoms. The maximum Gasteiger partial charge on any atom is 0.220 e. The number of hydrogen-bond acceptors (Lipinski definition) is 1. The van der Waals surface area contributed by atoms with Gasteiger partial charge in [0.05, 0.1) is 6.54 Å². The lowest BCUT2D eigenvalue weighted by Gasteiger charge is -1.98. The van der Waals surface area contributed by atoms with Crippen molar-refractivity contribution in [2.24, 2.45) is 0 Å². The molecule has 0 spiro atoms. The van der Waals surface area contributed by atoms with E-state index in [1.165, 1.54) is 0 Å². The zero-order valence-corrected chi connectivity index (χ0v) is 7.24. The largest absolute Gasteiger partial charge is 0.345 e. The van der Waals surface area contributed by atoms with E-state index in [4.69, 9.17) is 0 Å². The van der Waals surface area contributed by atoms with E-state index in [-0.39, 0.29) is 5.91 Å². The van der Waals surface area contributed by atoms with Crippen LogP contribution < -0.4 is 5.32 Å². The van der Waals surface area contributed by atoms with E-state index in [0.717, 1.165) is 12.8 Å². The van der Waals surface area contributed by atoms with Crippen molar-refractivity contribution in [2.45, 2.75) is 33.1 Å². The lowest BCUT2D eigenvalue weighted by molar-refractivity contribution is -0.120. The lowest BCUT2D eigenvalue weighted by Crippen LogP contribution is -2.22. The highest BCUT2D eigenvalue weighted by Gasteiger charge is 1.95. The van der Waals surface area contributed by atoms with Crippen LogP contribution in [0.4, 0.5) is 0 Å². The van der Waals surface area contributed by atoms with Gasteiger partial charge in [-0.1, -0.05) is 19.3 Å². The number of unbranched alkanes of at least 4 members (excludes halogenated alkanes) is 1. The predicted octanol–water partition coefficient (Wildman–Crippen LogP) is 1.32. The molecule has 0 saturated heterocycles. The van der Waals surface area contributed by atoms with Gasteiger partial charge in [0.25, 0.3) is 0 Å². The number of rotatable bonds is 4. The molecule has 11 heavy (non-hydrogen) atoms. The van der Waals surface area contributed by atoms with Gasteiger partial charge in [0.1, 0.15) is 0 Å². The summed E-state index contributed by atoms with van der Waals surface area (Å²) < 4.78 is 0. The first-order valence-electron chi connectivity index (χ1n) is 3.97. The molecule has 2 nitrogen and oxygen atoms in total. The summed E-state index contributed by atoms with van der Waals surface area (Å²) >= 11 is 0. The van der Waals surface area contributed by atoms with Gasteiger partial charge in [0.15, 0.2) is 0 Å². The number of amides is 1. The number of carbonyl (C=O) groups is 1. The van der Waals surface area contributed by atoms with E-state index in [9.17, 15) is 4.79 Å². The van der Waals surface area contributed by atoms with Crippen molar-refractivity contribution in [3.8, 4) is 11.8 Å². The second-order valence-corrected chi connectivity index (χ2v) is 2.31. The zero-order chi connectivity index (χ0) is 8.53. The van der Waals surface area contributed by atoms with Gasteiger partial charge in [0.2, 0.25) is 5.91 Å². The molecule has 0 fully saturated rings. The normalized spacial score (nSPS) is 8.18. The number of carbonyl (C=O) groups excluding carboxylic acids is 1. The van der Waals surface area contributed by atoms with Crippen LogP contribution in [0.25, 0.3) is 0 Å². The van der Waals surface area contributed by atoms with Crippen LogP contribution in [-0.2, 0) is 4.79 Å². The fraction of sp³-hybridized carbons (Fsp3) is 0.667. The Morgan fingerprint density at radius 3 is 2.82 bits per heavy atom. The monoisotopic (exact) mass is 153 g/mol. The molecule has 0 atom stereocenters. The van der Waals surface area contributed by atoms with Crippen LogP contribution in [0.15, 0.2) is 0 Å². The standard InChI is InChI=1S/C9H15NO/c1-3-5-7-9(11)10-8-6-4-2/h3,5,7-8H2,1-2H3,(H,10,11). The zero-order valence-electron chi connectivity index (χ0n) is 7.24. The van der Waals surface area contributed by atoms with Crippen molar-refractivity contribution >= 4 is 5.91 Å². The molecule has 0 aromatic rings. The summed E-state index contributed by atoms with van der Waals surface area (Å²) in [7, 11) is 0. The summed E-state index contributed by atoms with van der Waals surface area (Å²) in [5, 5.41) is 2.71. The Morgan fingerprint density at radius 1 is 1.55 bits per heavy atom. The topological polar surface area (TPSA) is 29.1 Å². The van der Waals surface area contributed by atoms with Crippen LogP contribution >= 0.6 is 0 Å². The lowest BCUT2D eigenvalue weighted by atomic mass is 10.2. The Labute approximate surface area is 68.4 Å². The summed E-state index contributed by atoms with van der Waals surface area (Å²) in [5.74, 6) is 5.59. The molecule has 0 heterocycles. The van der Waals surface area contributed by atoms with Crippen LogP contribution in [0.3, 0.4) is 0 Å². The first-order valence-corrected chi connectivity index (χ1v) is 3.97. The van der Waals surface area contributed by atoms with Gasteiger partial charge in [0, 0.05) is 6.42 Å². The van der Waals surface area contributed by atoms with E-state index in [1.54, 1.807) is 6.92 Å². The maximum atomic E-state index is 10.9. The minimum absolute atomic E-state index is 0.106. The molecular formula is C9H15NO. The molecule has 2 heteroatoms. The van der Waals surface area contributed by atoms with Crippen molar-refractivity contribution in [3.63, 3.8) is 0 Å². The summed E-state index contributed by atoms with van der Waals surface area (Å²) in [6.45, 7) is 4.32. The third-order valence-corrected chi connectivity index (χ3v) is 1.31. The van der Waals surface area contributed by atoms with E-state index in [0.29, 0.717) is 13.0 Å². The molecule has 0 rings (SSSR count). The Morgan fingerprint density at radius 2 is 2.27 bits per heavy atom. The molecule has 0 saturated carbocycles. The molecule has 0 aliphatic carbocycles. The molecular weight excluding hydrogens is 138 g/mol. The molecule has 0 aliphatic rings. The molecule has 0 aliphatic heterocycles. The highest BCUT2D eigenvalue weighted by Crippen LogP contribution is 1.91. The average molecular weight is 153 g/mol. The van der Waals surface area contributed by atoms with Crippen molar-refractivity contribution < 1.29 is 4.79 Å². The molecule has 0 aromatic heterocycles. The SMILES string of the molecule is CC#CCNC(=O)CCCC. The van der Waals surface area contributed by atoms with Crippen molar-refractivity contribution in [1.29, 1.82) is 0 Å². The fourth-order valence-electron chi connectivity index (χ4n) is 0.657. The fourth-order valence-corrected chi connectivity index (χ4v) is 0.657. The Hall–Kier alpha value is -0.970. The van der Waals surface area contributed by atoms with Gasteiger partial charge in [-0.15, -0.1) is 5.92 Å². The summed E-state index contributed by atoms with van der Waals surface area (Å²) in [4.78, 5) is 10.9. The van der Waals surface area contributed by atoms with Gasteiger partial charge in [-0.2, -0.15) is 0 Å². The first kappa shape index (κ1) is 10.0. The molecule has 1 N–H and O–H groups in total. The van der Waals surface area contributed by atoms with Gasteiger partial charge >= 0.3 is 0 Å². The first-order chi connectivity index (χ1) is 5.31. The smallest absolute Gasteiger partial charge is 0.220 e. The Bertz CT molecular complexity index is 164. The number of nitrogens with one attached hydrogen (secondary N) is 1. The van der Waals surface area contributed by atoms with E-state index in [1.807, 2.05) is 0 Å². The van der Waals surface area contributed by atoms with Gasteiger partial charge in [-0.3, -0.25) is 4.79 Å². The third-order valence-electron chi connectivity index (χ3n) is 1.31. The minimum atomic E-state index is 0.106. The van der Waals surface area contributed by atoms with Crippen LogP contribution in [0.2, 0.25) is 0 Å². The van der Waals surface area contributed by atoms with Crippen molar-refractivity contribution in [1.82, 2.24) is 5.32 Å². The highest BCUT2D eigenvalue weighted by molar-refractivity contribution is 5.76. The quantitative estimate of drug-likeness (QED) is 0.606. The Kier molecular flexibility index (Phi) is 6.51. The second kappa shape index (κ2) is 7.14. The van der Waals surface area contributed by atoms with Gasteiger partial charge in [-0.05, 0) is 13.3 Å². The van der Waals surface area contributed by atoms with Crippen LogP contribution in [-0.4, -0.2) is 12.5 Å².